The number of amides is 1. The average molecular weight is 505 g/mol. The van der Waals surface area contributed by atoms with Crippen molar-refractivity contribution in [1.29, 1.82) is 0 Å². The van der Waals surface area contributed by atoms with E-state index in [9.17, 15) is 4.79 Å². The number of hydrogen-bond acceptors (Lipinski definition) is 1. The van der Waals surface area contributed by atoms with Crippen LogP contribution in [-0.2, 0) is 4.79 Å². The lowest BCUT2D eigenvalue weighted by atomic mass is 10.3. The van der Waals surface area contributed by atoms with Gasteiger partial charge < -0.3 is 5.32 Å². The van der Waals surface area contributed by atoms with Gasteiger partial charge in [0, 0.05) is 6.54 Å². The zero-order chi connectivity index (χ0) is 9.56. The molecule has 0 radical (unpaired) electrons. The van der Waals surface area contributed by atoms with Crippen LogP contribution in [0, 0.1) is 0 Å². The lowest BCUT2D eigenvalue weighted by molar-refractivity contribution is -0.116. The van der Waals surface area contributed by atoms with Crippen LogP contribution in [0.2, 0.25) is 0 Å². The van der Waals surface area contributed by atoms with Gasteiger partial charge in [0.2, 0.25) is 0 Å². The summed E-state index contributed by atoms with van der Waals surface area (Å²) in [5, 5.41) is 2.85. The van der Waals surface area contributed by atoms with Crippen molar-refractivity contribution < 1.29 is 4.79 Å². The van der Waals surface area contributed by atoms with Gasteiger partial charge in [0.25, 0.3) is 5.91 Å². The minimum absolute atomic E-state index is 0.0443. The van der Waals surface area contributed by atoms with E-state index in [2.05, 4.69) is 80.0 Å². The van der Waals surface area contributed by atoms with Crippen LogP contribution in [0.5, 0.6) is 0 Å². The Morgan fingerprint density at radius 1 is 1.33 bits per heavy atom. The van der Waals surface area contributed by atoms with Crippen molar-refractivity contribution >= 4 is 73.7 Å². The average Bonchev–Trinajstić information content (AvgIpc) is 2.03. The van der Waals surface area contributed by atoms with E-state index >= 15 is 0 Å². The quantitative estimate of drug-likeness (QED) is 0.355. The van der Waals surface area contributed by atoms with Crippen LogP contribution in [-0.4, -0.2) is 12.5 Å². The molecule has 0 atom stereocenters. The Hall–Kier alpha value is 1.40. The Kier molecular flexibility index (Phi) is 8.68. The zero-order valence-corrected chi connectivity index (χ0v) is 13.1. The molecule has 0 saturated heterocycles. The van der Waals surface area contributed by atoms with Crippen molar-refractivity contribution in [2.45, 2.75) is 19.8 Å². The Bertz CT molecular complexity index is 187. The summed E-state index contributed by atoms with van der Waals surface area (Å²) in [5.41, 5.74) is 0. The fourth-order valence-corrected chi connectivity index (χ4v) is 1.22. The topological polar surface area (TPSA) is 29.1 Å². The van der Waals surface area contributed by atoms with Crippen molar-refractivity contribution in [2.75, 3.05) is 6.54 Å². The van der Waals surface area contributed by atoms with Gasteiger partial charge >= 0.3 is 0 Å². The van der Waals surface area contributed by atoms with Crippen molar-refractivity contribution in [1.82, 2.24) is 5.32 Å². The Morgan fingerprint density at radius 3 is 2.33 bits per heavy atom. The molecular formula is C7H10I3NO. The van der Waals surface area contributed by atoms with Gasteiger partial charge in [-0.1, -0.05) is 13.3 Å². The van der Waals surface area contributed by atoms with Gasteiger partial charge in [0.15, 0.2) is 0 Å². The molecule has 5 heteroatoms. The summed E-state index contributed by atoms with van der Waals surface area (Å²) in [4.78, 5) is 11.3. The second-order valence-corrected chi connectivity index (χ2v) is 7.48. The predicted molar refractivity (Wildman–Crippen MR) is 77.0 cm³/mol. The van der Waals surface area contributed by atoms with Gasteiger partial charge in [-0.15, -0.1) is 0 Å². The van der Waals surface area contributed by atoms with Gasteiger partial charge in [-0.05, 0) is 74.2 Å². The van der Waals surface area contributed by atoms with Crippen LogP contribution in [0.4, 0.5) is 0 Å². The molecule has 0 rings (SSSR count). The summed E-state index contributed by atoms with van der Waals surface area (Å²) in [6, 6.07) is 0. The number of unbranched alkanes of at least 4 members (excludes halogenated alkanes) is 1. The van der Waals surface area contributed by atoms with E-state index < -0.39 is 0 Å². The number of halogens is 3. The molecule has 0 saturated carbocycles. The molecule has 0 aromatic carbocycles. The summed E-state index contributed by atoms with van der Waals surface area (Å²) in [6.07, 6.45) is 2.16. The first-order valence-electron chi connectivity index (χ1n) is 3.58. The minimum Gasteiger partial charge on any atom is -0.352 e. The molecule has 0 aromatic heterocycles. The lowest BCUT2D eigenvalue weighted by Crippen LogP contribution is -2.24. The van der Waals surface area contributed by atoms with E-state index in [4.69, 9.17) is 0 Å². The van der Waals surface area contributed by atoms with E-state index in [1.54, 1.807) is 0 Å². The van der Waals surface area contributed by atoms with Crippen molar-refractivity contribution in [2.24, 2.45) is 0 Å². The van der Waals surface area contributed by atoms with E-state index in [1.807, 2.05) is 0 Å². The van der Waals surface area contributed by atoms with Gasteiger partial charge in [0.1, 0.15) is 0 Å². The Morgan fingerprint density at radius 2 is 1.92 bits per heavy atom. The molecular weight excluding hydrogens is 495 g/mol. The summed E-state index contributed by atoms with van der Waals surface area (Å²) >= 11 is 6.35. The first kappa shape index (κ1) is 13.4. The standard InChI is InChI=1S/C7H10I3NO/c1-2-3-4-11-7(12)5(8)6(9)10/h2-4H2,1H3,(H,11,12). The second kappa shape index (κ2) is 7.77. The highest BCUT2D eigenvalue weighted by atomic mass is 127. The van der Waals surface area contributed by atoms with Crippen LogP contribution in [0.1, 0.15) is 19.8 Å². The van der Waals surface area contributed by atoms with Crippen LogP contribution in [0.15, 0.2) is 5.17 Å². The third-order valence-corrected chi connectivity index (χ3v) is 5.35. The fourth-order valence-electron chi connectivity index (χ4n) is 0.542. The molecule has 0 unspecified atom stereocenters. The van der Waals surface area contributed by atoms with Gasteiger partial charge in [0.05, 0.1) is 5.17 Å². The monoisotopic (exact) mass is 505 g/mol. The summed E-state index contributed by atoms with van der Waals surface area (Å²) in [7, 11) is 0. The first-order chi connectivity index (χ1) is 5.59. The maximum absolute atomic E-state index is 11.3. The maximum atomic E-state index is 11.3. The van der Waals surface area contributed by atoms with Gasteiger partial charge in [-0.25, -0.2) is 0 Å². The second-order valence-electron chi connectivity index (χ2n) is 2.18. The molecule has 0 aromatic rings. The van der Waals surface area contributed by atoms with E-state index in [-0.39, 0.29) is 5.91 Å². The van der Waals surface area contributed by atoms with E-state index in [0.717, 1.165) is 24.6 Å². The molecule has 0 heterocycles. The highest BCUT2D eigenvalue weighted by Crippen LogP contribution is 2.25. The fraction of sp³-hybridized carbons (Fsp3) is 0.571. The smallest absolute Gasteiger partial charge is 0.259 e. The largest absolute Gasteiger partial charge is 0.352 e. The molecule has 0 aliphatic heterocycles. The molecule has 0 aliphatic rings. The zero-order valence-electron chi connectivity index (χ0n) is 6.66. The molecule has 70 valence electrons. The lowest BCUT2D eigenvalue weighted by Gasteiger charge is -2.02. The van der Waals surface area contributed by atoms with E-state index in [1.165, 1.54) is 0 Å². The van der Waals surface area contributed by atoms with Crippen molar-refractivity contribution in [3.05, 3.63) is 5.17 Å². The molecule has 1 amide bonds. The highest BCUT2D eigenvalue weighted by molar-refractivity contribution is 14.2. The number of hydrogen-bond donors (Lipinski definition) is 1. The number of carbonyl (C=O) groups excluding carboxylic acids is 1. The molecule has 2 nitrogen and oxygen atoms in total. The van der Waals surface area contributed by atoms with Crippen LogP contribution in [0.3, 0.4) is 0 Å². The third-order valence-electron chi connectivity index (χ3n) is 1.18. The summed E-state index contributed by atoms with van der Waals surface area (Å²) in [6.45, 7) is 2.89. The van der Waals surface area contributed by atoms with E-state index in [0.29, 0.717) is 0 Å². The first-order valence-corrected chi connectivity index (χ1v) is 6.82. The Labute approximate surface area is 114 Å². The molecule has 0 fully saturated rings. The number of rotatable bonds is 4. The van der Waals surface area contributed by atoms with Crippen molar-refractivity contribution in [3.63, 3.8) is 0 Å². The predicted octanol–water partition coefficient (Wildman–Crippen LogP) is 3.38. The van der Waals surface area contributed by atoms with Crippen LogP contribution >= 0.6 is 67.8 Å². The SMILES string of the molecule is CCCCNC(=O)C(I)=C(I)I. The van der Waals surface area contributed by atoms with Gasteiger partial charge in [-0.2, -0.15) is 0 Å². The van der Waals surface area contributed by atoms with Gasteiger partial charge in [-0.3, -0.25) is 4.79 Å². The molecule has 1 N–H and O–H groups in total. The Balaban J connectivity index is 3.81. The third kappa shape index (κ3) is 5.95. The highest BCUT2D eigenvalue weighted by Gasteiger charge is 2.07. The number of carbonyl (C=O) groups is 1. The molecule has 0 bridgehead atoms. The minimum atomic E-state index is 0.0443. The summed E-state index contributed by atoms with van der Waals surface area (Å²) < 4.78 is 1.80. The normalized spacial score (nSPS) is 9.33. The molecule has 0 spiro atoms. The molecule has 0 aliphatic carbocycles. The maximum Gasteiger partial charge on any atom is 0.259 e. The van der Waals surface area contributed by atoms with Crippen LogP contribution in [0.25, 0.3) is 0 Å². The molecule has 12 heavy (non-hydrogen) atoms. The van der Waals surface area contributed by atoms with Crippen LogP contribution < -0.4 is 5.32 Å². The summed E-state index contributed by atoms with van der Waals surface area (Å²) in [5.74, 6) is 0.0443. The number of nitrogens with one attached hydrogen (secondary N) is 1. The van der Waals surface area contributed by atoms with Crippen molar-refractivity contribution in [3.8, 4) is 0 Å².